The van der Waals surface area contributed by atoms with E-state index in [1.807, 2.05) is 12.1 Å². The van der Waals surface area contributed by atoms with Crippen molar-refractivity contribution in [1.29, 1.82) is 0 Å². The number of halogens is 1. The number of alkyl halides is 1. The first-order valence-electron chi connectivity index (χ1n) is 7.65. The van der Waals surface area contributed by atoms with Crippen molar-refractivity contribution in [2.45, 2.75) is 51.5 Å². The average molecular weight is 307 g/mol. The lowest BCUT2D eigenvalue weighted by Gasteiger charge is -2.36. The van der Waals surface area contributed by atoms with E-state index in [0.29, 0.717) is 17.3 Å². The Morgan fingerprint density at radius 1 is 1.43 bits per heavy atom. The molecule has 1 aromatic carbocycles. The van der Waals surface area contributed by atoms with Gasteiger partial charge in [0.15, 0.2) is 0 Å². The van der Waals surface area contributed by atoms with E-state index in [4.69, 9.17) is 21.3 Å². The highest BCUT2D eigenvalue weighted by Gasteiger charge is 2.30. The molecule has 1 saturated carbocycles. The van der Waals surface area contributed by atoms with Gasteiger partial charge in [-0.2, -0.15) is 0 Å². The molecule has 1 aliphatic rings. The third-order valence-corrected chi connectivity index (χ3v) is 4.87. The summed E-state index contributed by atoms with van der Waals surface area (Å²) in [6, 6.07) is 6.61. The van der Waals surface area contributed by atoms with Gasteiger partial charge in [0.1, 0.15) is 11.6 Å². The van der Waals surface area contributed by atoms with Gasteiger partial charge in [0.25, 0.3) is 0 Å². The van der Waals surface area contributed by atoms with Crippen LogP contribution in [-0.2, 0) is 5.88 Å². The summed E-state index contributed by atoms with van der Waals surface area (Å²) in [6.45, 7) is 4.73. The number of rotatable bonds is 3. The van der Waals surface area contributed by atoms with Crippen LogP contribution in [0.4, 0.5) is 0 Å². The largest absolute Gasteiger partial charge is 0.497 e. The SMILES string of the molecule is COc1ccc2c(c1)nc(CCl)n2C1CCCC(C)(C)C1. The molecular weight excluding hydrogens is 284 g/mol. The molecule has 21 heavy (non-hydrogen) atoms. The van der Waals surface area contributed by atoms with Crippen LogP contribution in [0, 0.1) is 5.41 Å². The Morgan fingerprint density at radius 2 is 2.24 bits per heavy atom. The van der Waals surface area contributed by atoms with Crippen LogP contribution < -0.4 is 4.74 Å². The molecule has 1 fully saturated rings. The van der Waals surface area contributed by atoms with E-state index >= 15 is 0 Å². The van der Waals surface area contributed by atoms with Crippen molar-refractivity contribution in [2.24, 2.45) is 5.41 Å². The van der Waals surface area contributed by atoms with Gasteiger partial charge in [-0.1, -0.05) is 20.3 Å². The molecule has 0 amide bonds. The van der Waals surface area contributed by atoms with E-state index in [9.17, 15) is 0 Å². The second-order valence-corrected chi connectivity index (χ2v) is 7.07. The van der Waals surface area contributed by atoms with Gasteiger partial charge in [-0.3, -0.25) is 0 Å². The first kappa shape index (κ1) is 14.7. The molecule has 0 bridgehead atoms. The summed E-state index contributed by atoms with van der Waals surface area (Å²) in [4.78, 5) is 4.71. The fraction of sp³-hybridized carbons (Fsp3) is 0.588. The number of aromatic nitrogens is 2. The van der Waals surface area contributed by atoms with Crippen molar-refractivity contribution in [1.82, 2.24) is 9.55 Å². The van der Waals surface area contributed by atoms with E-state index in [2.05, 4.69) is 24.5 Å². The number of imidazole rings is 1. The lowest BCUT2D eigenvalue weighted by Crippen LogP contribution is -2.25. The van der Waals surface area contributed by atoms with Crippen molar-refractivity contribution in [3.05, 3.63) is 24.0 Å². The molecule has 0 N–H and O–H groups in total. The Hall–Kier alpha value is -1.22. The maximum atomic E-state index is 6.15. The predicted octanol–water partition coefficient (Wildman–Crippen LogP) is 4.93. The van der Waals surface area contributed by atoms with E-state index < -0.39 is 0 Å². The van der Waals surface area contributed by atoms with Crippen LogP contribution >= 0.6 is 11.6 Å². The van der Waals surface area contributed by atoms with Gasteiger partial charge in [0, 0.05) is 12.1 Å². The summed E-state index contributed by atoms with van der Waals surface area (Å²) < 4.78 is 7.67. The number of benzene rings is 1. The minimum Gasteiger partial charge on any atom is -0.497 e. The fourth-order valence-electron chi connectivity index (χ4n) is 3.64. The first-order valence-corrected chi connectivity index (χ1v) is 8.18. The molecule has 0 radical (unpaired) electrons. The quantitative estimate of drug-likeness (QED) is 0.752. The minimum atomic E-state index is 0.398. The first-order chi connectivity index (χ1) is 10.0. The van der Waals surface area contributed by atoms with Crippen LogP contribution in [0.3, 0.4) is 0 Å². The molecule has 0 aliphatic heterocycles. The summed E-state index contributed by atoms with van der Waals surface area (Å²) in [5.74, 6) is 2.27. The maximum absolute atomic E-state index is 6.15. The van der Waals surface area contributed by atoms with Crippen molar-refractivity contribution in [3.8, 4) is 5.75 Å². The molecule has 4 heteroatoms. The second-order valence-electron chi connectivity index (χ2n) is 6.80. The topological polar surface area (TPSA) is 27.1 Å². The lowest BCUT2D eigenvalue weighted by molar-refractivity contribution is 0.184. The summed E-state index contributed by atoms with van der Waals surface area (Å²) in [5, 5.41) is 0. The summed E-state index contributed by atoms with van der Waals surface area (Å²) in [6.07, 6.45) is 4.98. The third-order valence-electron chi connectivity index (χ3n) is 4.63. The van der Waals surface area contributed by atoms with Crippen molar-refractivity contribution >= 4 is 22.6 Å². The number of nitrogens with zero attached hydrogens (tertiary/aromatic N) is 2. The Balaban J connectivity index is 2.07. The molecule has 1 heterocycles. The Bertz CT molecular complexity index is 648. The molecule has 1 aliphatic carbocycles. The van der Waals surface area contributed by atoms with Crippen LogP contribution in [0.2, 0.25) is 0 Å². The molecule has 1 aromatic heterocycles. The van der Waals surface area contributed by atoms with Gasteiger partial charge in [0.05, 0.1) is 24.0 Å². The van der Waals surface area contributed by atoms with Gasteiger partial charge in [0.2, 0.25) is 0 Å². The van der Waals surface area contributed by atoms with Crippen molar-refractivity contribution in [3.63, 3.8) is 0 Å². The van der Waals surface area contributed by atoms with Gasteiger partial charge < -0.3 is 9.30 Å². The molecule has 2 aromatic rings. The van der Waals surface area contributed by atoms with Gasteiger partial charge >= 0.3 is 0 Å². The Morgan fingerprint density at radius 3 is 2.90 bits per heavy atom. The minimum absolute atomic E-state index is 0.398. The predicted molar refractivity (Wildman–Crippen MR) is 87.1 cm³/mol. The van der Waals surface area contributed by atoms with E-state index in [0.717, 1.165) is 17.1 Å². The molecule has 1 atom stereocenters. The standard InChI is InChI=1S/C17H23ClN2O/c1-17(2)8-4-5-12(10-17)20-15-7-6-13(21-3)9-14(15)19-16(20)11-18/h6-7,9,12H,4-5,8,10-11H2,1-3H3. The van der Waals surface area contributed by atoms with Crippen molar-refractivity contribution in [2.75, 3.05) is 7.11 Å². The van der Waals surface area contributed by atoms with Crippen molar-refractivity contribution < 1.29 is 4.74 Å². The second kappa shape index (κ2) is 5.53. The zero-order chi connectivity index (χ0) is 15.0. The highest BCUT2D eigenvalue weighted by atomic mass is 35.5. The third kappa shape index (κ3) is 2.76. The molecular formula is C17H23ClN2O. The molecule has 0 spiro atoms. The number of methoxy groups -OCH3 is 1. The zero-order valence-electron chi connectivity index (χ0n) is 13.0. The van der Waals surface area contributed by atoms with E-state index in [1.165, 1.54) is 31.2 Å². The number of ether oxygens (including phenoxy) is 1. The summed E-state index contributed by atoms with van der Waals surface area (Å²) in [7, 11) is 1.68. The average Bonchev–Trinajstić information content (AvgIpc) is 2.83. The van der Waals surface area contributed by atoms with Crippen LogP contribution in [-0.4, -0.2) is 16.7 Å². The molecule has 3 rings (SSSR count). The zero-order valence-corrected chi connectivity index (χ0v) is 13.8. The van der Waals surface area contributed by atoms with Gasteiger partial charge in [-0.25, -0.2) is 4.98 Å². The molecule has 1 unspecified atom stereocenters. The van der Waals surface area contributed by atoms with Crippen LogP contribution in [0.15, 0.2) is 18.2 Å². The summed E-state index contributed by atoms with van der Waals surface area (Å²) in [5.41, 5.74) is 2.55. The Labute approximate surface area is 131 Å². The maximum Gasteiger partial charge on any atom is 0.125 e. The normalized spacial score (nSPS) is 21.6. The molecule has 0 saturated heterocycles. The number of fused-ring (bicyclic) bond motifs is 1. The summed E-state index contributed by atoms with van der Waals surface area (Å²) >= 11 is 6.15. The van der Waals surface area contributed by atoms with Crippen LogP contribution in [0.25, 0.3) is 11.0 Å². The lowest BCUT2D eigenvalue weighted by atomic mass is 9.75. The number of hydrogen-bond acceptors (Lipinski definition) is 2. The Kier molecular flexibility index (Phi) is 3.87. The fourth-order valence-corrected chi connectivity index (χ4v) is 3.82. The van der Waals surface area contributed by atoms with Crippen LogP contribution in [0.1, 0.15) is 51.4 Å². The molecule has 3 nitrogen and oxygen atoms in total. The van der Waals surface area contributed by atoms with E-state index in [-0.39, 0.29) is 0 Å². The van der Waals surface area contributed by atoms with Gasteiger partial charge in [-0.05, 0) is 36.8 Å². The number of hydrogen-bond donors (Lipinski definition) is 0. The highest BCUT2D eigenvalue weighted by molar-refractivity contribution is 6.16. The highest BCUT2D eigenvalue weighted by Crippen LogP contribution is 2.42. The van der Waals surface area contributed by atoms with E-state index in [1.54, 1.807) is 7.11 Å². The smallest absolute Gasteiger partial charge is 0.125 e. The van der Waals surface area contributed by atoms with Gasteiger partial charge in [-0.15, -0.1) is 11.6 Å². The van der Waals surface area contributed by atoms with Crippen LogP contribution in [0.5, 0.6) is 5.75 Å². The monoisotopic (exact) mass is 306 g/mol. The molecule has 114 valence electrons.